The number of likely N-dealkylation sites (tertiary alicyclic amines) is 2. The minimum Gasteiger partial charge on any atom is -0.347 e. The highest BCUT2D eigenvalue weighted by Gasteiger charge is 2.50. The van der Waals surface area contributed by atoms with Gasteiger partial charge in [0.05, 0.1) is 5.54 Å². The van der Waals surface area contributed by atoms with Crippen LogP contribution in [0.3, 0.4) is 0 Å². The van der Waals surface area contributed by atoms with Gasteiger partial charge >= 0.3 is 6.03 Å². The number of piperidine rings is 1. The lowest BCUT2D eigenvalue weighted by molar-refractivity contribution is -0.120. The number of fused-ring (bicyclic) bond motifs is 1. The van der Waals surface area contributed by atoms with E-state index in [0.29, 0.717) is 25.4 Å². The van der Waals surface area contributed by atoms with Crippen LogP contribution in [0.4, 0.5) is 4.79 Å². The highest BCUT2D eigenvalue weighted by atomic mass is 16.2. The molecule has 2 aromatic rings. The standard InChI is InChI=1S/C19H24N6O2/c26-17-3-6-19(22-17)11-24(12-19)18(27)23-7-4-14(5-8-23)9-15-1-2-16-20-13-21-25(16)10-15/h1-2,10,13-14H,3-9,11-12H2,(H,22,26). The Morgan fingerprint density at radius 3 is 2.78 bits per heavy atom. The number of carbonyl (C=O) groups excluding carboxylic acids is 2. The molecule has 3 aliphatic rings. The lowest BCUT2D eigenvalue weighted by Crippen LogP contribution is -2.70. The minimum absolute atomic E-state index is 0.118. The van der Waals surface area contributed by atoms with Crippen LogP contribution in [0.15, 0.2) is 24.7 Å². The molecule has 0 radical (unpaired) electrons. The van der Waals surface area contributed by atoms with E-state index in [1.165, 1.54) is 5.56 Å². The van der Waals surface area contributed by atoms with Gasteiger partial charge in [-0.25, -0.2) is 14.3 Å². The van der Waals surface area contributed by atoms with Gasteiger partial charge < -0.3 is 15.1 Å². The van der Waals surface area contributed by atoms with Gasteiger partial charge in [-0.15, -0.1) is 0 Å². The Balaban J connectivity index is 1.12. The van der Waals surface area contributed by atoms with Gasteiger partial charge in [-0.3, -0.25) is 4.79 Å². The fraction of sp³-hybridized carbons (Fsp3) is 0.579. The average Bonchev–Trinajstić information content (AvgIpc) is 3.26. The second kappa shape index (κ2) is 6.21. The van der Waals surface area contributed by atoms with Crippen LogP contribution in [0.25, 0.3) is 5.65 Å². The van der Waals surface area contributed by atoms with Crippen molar-refractivity contribution in [2.75, 3.05) is 26.2 Å². The Labute approximate surface area is 157 Å². The van der Waals surface area contributed by atoms with E-state index < -0.39 is 0 Å². The molecule has 5 rings (SSSR count). The van der Waals surface area contributed by atoms with Crippen LogP contribution >= 0.6 is 0 Å². The first kappa shape index (κ1) is 16.5. The van der Waals surface area contributed by atoms with Crippen LogP contribution in [0.5, 0.6) is 0 Å². The summed E-state index contributed by atoms with van der Waals surface area (Å²) in [6.45, 7) is 2.95. The number of urea groups is 1. The Hall–Kier alpha value is -2.64. The Morgan fingerprint density at radius 2 is 2.04 bits per heavy atom. The first-order valence-electron chi connectivity index (χ1n) is 9.73. The summed E-state index contributed by atoms with van der Waals surface area (Å²) in [5.74, 6) is 0.707. The molecule has 3 fully saturated rings. The van der Waals surface area contributed by atoms with Gasteiger partial charge in [0, 0.05) is 38.8 Å². The second-order valence-corrected chi connectivity index (χ2v) is 8.20. The lowest BCUT2D eigenvalue weighted by atomic mass is 9.88. The van der Waals surface area contributed by atoms with E-state index in [9.17, 15) is 9.59 Å². The van der Waals surface area contributed by atoms with Gasteiger partial charge in [0.15, 0.2) is 5.65 Å². The topological polar surface area (TPSA) is 82.8 Å². The van der Waals surface area contributed by atoms with Crippen LogP contribution in [0, 0.1) is 5.92 Å². The summed E-state index contributed by atoms with van der Waals surface area (Å²) < 4.78 is 1.81. The molecule has 1 N–H and O–H groups in total. The summed E-state index contributed by atoms with van der Waals surface area (Å²) in [4.78, 5) is 32.2. The Morgan fingerprint density at radius 1 is 1.22 bits per heavy atom. The first-order valence-corrected chi connectivity index (χ1v) is 9.73. The quantitative estimate of drug-likeness (QED) is 0.860. The molecule has 2 aromatic heterocycles. The van der Waals surface area contributed by atoms with Gasteiger partial charge in [-0.2, -0.15) is 5.10 Å². The molecule has 0 aromatic carbocycles. The molecule has 0 aliphatic carbocycles. The third kappa shape index (κ3) is 3.02. The molecule has 142 valence electrons. The van der Waals surface area contributed by atoms with E-state index in [-0.39, 0.29) is 17.5 Å². The minimum atomic E-state index is -0.134. The second-order valence-electron chi connectivity index (χ2n) is 8.20. The third-order valence-electron chi connectivity index (χ3n) is 6.24. The van der Waals surface area contributed by atoms with Crippen molar-refractivity contribution in [1.29, 1.82) is 0 Å². The van der Waals surface area contributed by atoms with Crippen molar-refractivity contribution in [3.63, 3.8) is 0 Å². The summed E-state index contributed by atoms with van der Waals surface area (Å²) in [6.07, 6.45) is 8.13. The van der Waals surface area contributed by atoms with Crippen LogP contribution in [-0.2, 0) is 11.2 Å². The van der Waals surface area contributed by atoms with Crippen molar-refractivity contribution in [2.45, 2.75) is 37.6 Å². The van der Waals surface area contributed by atoms with Gasteiger partial charge in [0.1, 0.15) is 6.33 Å². The fourth-order valence-electron chi connectivity index (χ4n) is 4.67. The Bertz CT molecular complexity index is 879. The normalized spacial score (nSPS) is 22.3. The lowest BCUT2D eigenvalue weighted by Gasteiger charge is -2.49. The number of amides is 3. The largest absolute Gasteiger partial charge is 0.347 e. The van der Waals surface area contributed by atoms with Crippen LogP contribution in [0.2, 0.25) is 0 Å². The van der Waals surface area contributed by atoms with E-state index in [2.05, 4.69) is 27.7 Å². The molecule has 1 spiro atoms. The summed E-state index contributed by atoms with van der Waals surface area (Å²) in [5.41, 5.74) is 2.00. The molecule has 3 saturated heterocycles. The zero-order valence-electron chi connectivity index (χ0n) is 15.3. The van der Waals surface area contributed by atoms with Crippen molar-refractivity contribution in [3.8, 4) is 0 Å². The van der Waals surface area contributed by atoms with Gasteiger partial charge in [-0.05, 0) is 43.2 Å². The van der Waals surface area contributed by atoms with Crippen molar-refractivity contribution >= 4 is 17.6 Å². The number of rotatable bonds is 2. The number of nitrogens with zero attached hydrogens (tertiary/aromatic N) is 5. The van der Waals surface area contributed by atoms with E-state index in [0.717, 1.165) is 44.4 Å². The highest BCUT2D eigenvalue weighted by molar-refractivity contribution is 5.82. The summed E-state index contributed by atoms with van der Waals surface area (Å²) >= 11 is 0. The molecule has 5 heterocycles. The molecule has 27 heavy (non-hydrogen) atoms. The highest BCUT2D eigenvalue weighted by Crippen LogP contribution is 2.32. The zero-order chi connectivity index (χ0) is 18.4. The molecule has 3 aliphatic heterocycles. The van der Waals surface area contributed by atoms with Crippen molar-refractivity contribution in [1.82, 2.24) is 29.7 Å². The number of hydrogen-bond acceptors (Lipinski definition) is 4. The molecule has 0 unspecified atom stereocenters. The van der Waals surface area contributed by atoms with Crippen molar-refractivity contribution in [3.05, 3.63) is 30.2 Å². The molecule has 3 amide bonds. The maximum absolute atomic E-state index is 12.7. The number of hydrogen-bond donors (Lipinski definition) is 1. The van der Waals surface area contributed by atoms with Gasteiger partial charge in [0.2, 0.25) is 5.91 Å². The fourth-order valence-corrected chi connectivity index (χ4v) is 4.67. The van der Waals surface area contributed by atoms with Crippen molar-refractivity contribution < 1.29 is 9.59 Å². The molecule has 8 nitrogen and oxygen atoms in total. The van der Waals surface area contributed by atoms with Gasteiger partial charge in [-0.1, -0.05) is 6.07 Å². The monoisotopic (exact) mass is 368 g/mol. The average molecular weight is 368 g/mol. The molecule has 0 bridgehead atoms. The number of pyridine rings is 1. The van der Waals surface area contributed by atoms with E-state index in [1.807, 2.05) is 20.4 Å². The molecule has 8 heteroatoms. The molecule has 0 saturated carbocycles. The maximum atomic E-state index is 12.7. The SMILES string of the molecule is O=C1CCC2(CN(C(=O)N3CCC(Cc4ccc5ncnn5c4)CC3)C2)N1. The molecular formula is C19H24N6O2. The van der Waals surface area contributed by atoms with Crippen LogP contribution < -0.4 is 5.32 Å². The third-order valence-corrected chi connectivity index (χ3v) is 6.24. The maximum Gasteiger partial charge on any atom is 0.320 e. The Kier molecular flexibility index (Phi) is 3.80. The number of nitrogens with one attached hydrogen (secondary N) is 1. The van der Waals surface area contributed by atoms with Crippen LogP contribution in [0.1, 0.15) is 31.2 Å². The number of carbonyl (C=O) groups is 2. The zero-order valence-corrected chi connectivity index (χ0v) is 15.3. The van der Waals surface area contributed by atoms with E-state index in [1.54, 1.807) is 6.33 Å². The van der Waals surface area contributed by atoms with E-state index in [4.69, 9.17) is 0 Å². The summed E-state index contributed by atoms with van der Waals surface area (Å²) in [7, 11) is 0. The summed E-state index contributed by atoms with van der Waals surface area (Å²) in [6, 6.07) is 4.25. The van der Waals surface area contributed by atoms with Crippen LogP contribution in [-0.4, -0.2) is 68.1 Å². The smallest absolute Gasteiger partial charge is 0.320 e. The van der Waals surface area contributed by atoms with E-state index >= 15 is 0 Å². The molecular weight excluding hydrogens is 344 g/mol. The summed E-state index contributed by atoms with van der Waals surface area (Å²) in [5, 5.41) is 7.24. The van der Waals surface area contributed by atoms with Gasteiger partial charge in [0.25, 0.3) is 0 Å². The predicted octanol–water partition coefficient (Wildman–Crippen LogP) is 1.07. The first-order chi connectivity index (χ1) is 13.1. The number of aromatic nitrogens is 3. The molecule has 0 atom stereocenters. The van der Waals surface area contributed by atoms with Crippen molar-refractivity contribution in [2.24, 2.45) is 5.92 Å². The predicted molar refractivity (Wildman–Crippen MR) is 98.1 cm³/mol.